The molecule has 0 saturated carbocycles. The van der Waals surface area contributed by atoms with Crippen LogP contribution >= 0.6 is 27.3 Å². The highest BCUT2D eigenvalue weighted by Crippen LogP contribution is 2.33. The molecule has 0 aliphatic rings. The number of hydrogen-bond donors (Lipinski definition) is 1. The molecule has 3 nitrogen and oxygen atoms in total. The van der Waals surface area contributed by atoms with E-state index in [0.717, 1.165) is 20.3 Å². The van der Waals surface area contributed by atoms with Gasteiger partial charge in [0.25, 0.3) is 0 Å². The van der Waals surface area contributed by atoms with Gasteiger partial charge in [-0.05, 0) is 35.3 Å². The molecule has 0 saturated heterocycles. The van der Waals surface area contributed by atoms with Gasteiger partial charge in [0.1, 0.15) is 5.69 Å². The number of fused-ring (bicyclic) bond motifs is 1. The van der Waals surface area contributed by atoms with Crippen molar-refractivity contribution in [3.63, 3.8) is 0 Å². The maximum absolute atomic E-state index is 11.6. The summed E-state index contributed by atoms with van der Waals surface area (Å²) in [6.45, 7) is 4.12. The standard InChI is InChI=1S/C10H10BrNO2S/c1-3-14-10(13)7-5(2)9-8(12-7)6(11)4-15-9/h4,12H,3H2,1-2H3. The fraction of sp³-hybridized carbons (Fsp3) is 0.300. The van der Waals surface area contributed by atoms with E-state index in [9.17, 15) is 4.79 Å². The lowest BCUT2D eigenvalue weighted by Crippen LogP contribution is -2.06. The van der Waals surface area contributed by atoms with E-state index in [0.29, 0.717) is 12.3 Å². The molecule has 0 aromatic carbocycles. The molecule has 2 aromatic heterocycles. The maximum Gasteiger partial charge on any atom is 0.355 e. The normalized spacial score (nSPS) is 10.9. The van der Waals surface area contributed by atoms with Crippen LogP contribution in [0.4, 0.5) is 0 Å². The number of carbonyl (C=O) groups is 1. The summed E-state index contributed by atoms with van der Waals surface area (Å²) < 4.78 is 7.06. The largest absolute Gasteiger partial charge is 0.461 e. The summed E-state index contributed by atoms with van der Waals surface area (Å²) >= 11 is 5.04. The second kappa shape index (κ2) is 3.98. The Morgan fingerprint density at radius 3 is 3.00 bits per heavy atom. The highest BCUT2D eigenvalue weighted by Gasteiger charge is 2.17. The minimum absolute atomic E-state index is 0.287. The molecule has 5 heteroatoms. The third kappa shape index (κ3) is 1.70. The van der Waals surface area contributed by atoms with E-state index in [1.807, 2.05) is 12.3 Å². The van der Waals surface area contributed by atoms with Crippen molar-refractivity contribution in [2.24, 2.45) is 0 Å². The molecule has 0 radical (unpaired) electrons. The van der Waals surface area contributed by atoms with Crippen molar-refractivity contribution in [2.75, 3.05) is 6.61 Å². The molecule has 0 aliphatic carbocycles. The lowest BCUT2D eigenvalue weighted by molar-refractivity contribution is 0.0520. The molecule has 1 N–H and O–H groups in total. The maximum atomic E-state index is 11.6. The van der Waals surface area contributed by atoms with Crippen LogP contribution in [0.1, 0.15) is 23.0 Å². The van der Waals surface area contributed by atoms with Crippen molar-refractivity contribution in [1.82, 2.24) is 4.98 Å². The number of aromatic amines is 1. The Morgan fingerprint density at radius 1 is 1.67 bits per heavy atom. The molecule has 80 valence electrons. The summed E-state index contributed by atoms with van der Waals surface area (Å²) in [5.74, 6) is -0.287. The number of ether oxygens (including phenoxy) is 1. The smallest absolute Gasteiger partial charge is 0.355 e. The summed E-state index contributed by atoms with van der Waals surface area (Å²) in [6.07, 6.45) is 0. The van der Waals surface area contributed by atoms with E-state index < -0.39 is 0 Å². The van der Waals surface area contributed by atoms with Crippen molar-refractivity contribution < 1.29 is 9.53 Å². The predicted molar refractivity (Wildman–Crippen MR) is 64.6 cm³/mol. The number of thiophene rings is 1. The van der Waals surface area contributed by atoms with Crippen molar-refractivity contribution in [1.29, 1.82) is 0 Å². The van der Waals surface area contributed by atoms with E-state index in [1.54, 1.807) is 18.3 Å². The first kappa shape index (κ1) is 10.7. The first-order chi connectivity index (χ1) is 7.15. The number of H-pyrrole nitrogens is 1. The first-order valence-corrected chi connectivity index (χ1v) is 6.24. The highest BCUT2D eigenvalue weighted by atomic mass is 79.9. The average Bonchev–Trinajstić information content (AvgIpc) is 2.70. The van der Waals surface area contributed by atoms with Gasteiger partial charge in [0.05, 0.1) is 21.3 Å². The van der Waals surface area contributed by atoms with Crippen LogP contribution in [-0.2, 0) is 4.74 Å². The fourth-order valence-electron chi connectivity index (χ4n) is 1.47. The molecule has 2 rings (SSSR count). The van der Waals surface area contributed by atoms with Crippen molar-refractivity contribution >= 4 is 43.5 Å². The van der Waals surface area contributed by atoms with E-state index in [-0.39, 0.29) is 5.97 Å². The number of hydrogen-bond acceptors (Lipinski definition) is 3. The van der Waals surface area contributed by atoms with E-state index in [2.05, 4.69) is 20.9 Å². The molecular weight excluding hydrogens is 278 g/mol. The van der Waals surface area contributed by atoms with Gasteiger partial charge in [-0.3, -0.25) is 0 Å². The summed E-state index contributed by atoms with van der Waals surface area (Å²) in [6, 6.07) is 0. The van der Waals surface area contributed by atoms with Gasteiger partial charge in [0, 0.05) is 5.38 Å². The minimum atomic E-state index is -0.287. The van der Waals surface area contributed by atoms with Gasteiger partial charge in [-0.1, -0.05) is 0 Å². The molecule has 2 heterocycles. The Bertz CT molecular complexity index is 515. The summed E-state index contributed by atoms with van der Waals surface area (Å²) in [5.41, 5.74) is 2.49. The van der Waals surface area contributed by atoms with Crippen LogP contribution < -0.4 is 0 Å². The zero-order valence-electron chi connectivity index (χ0n) is 8.39. The van der Waals surface area contributed by atoms with Crippen LogP contribution in [0.2, 0.25) is 0 Å². The summed E-state index contributed by atoms with van der Waals surface area (Å²) in [4.78, 5) is 14.7. The number of aromatic nitrogens is 1. The molecule has 0 bridgehead atoms. The second-order valence-corrected chi connectivity index (χ2v) is 4.87. The summed E-state index contributed by atoms with van der Waals surface area (Å²) in [7, 11) is 0. The van der Waals surface area contributed by atoms with Gasteiger partial charge in [-0.2, -0.15) is 0 Å². The molecule has 0 aliphatic heterocycles. The van der Waals surface area contributed by atoms with Crippen molar-refractivity contribution in [2.45, 2.75) is 13.8 Å². The Labute approximate surface area is 99.6 Å². The Hall–Kier alpha value is -0.810. The van der Waals surface area contributed by atoms with Gasteiger partial charge >= 0.3 is 5.97 Å². The molecule has 0 spiro atoms. The lowest BCUT2D eigenvalue weighted by atomic mass is 10.3. The van der Waals surface area contributed by atoms with E-state index in [1.165, 1.54) is 0 Å². The number of rotatable bonds is 2. The third-order valence-corrected chi connectivity index (χ3v) is 4.22. The molecule has 0 unspecified atom stereocenters. The molecular formula is C10H10BrNO2S. The number of aryl methyl sites for hydroxylation is 1. The molecule has 0 amide bonds. The second-order valence-electron chi connectivity index (χ2n) is 3.13. The first-order valence-electron chi connectivity index (χ1n) is 4.57. The molecule has 15 heavy (non-hydrogen) atoms. The van der Waals surface area contributed by atoms with Gasteiger partial charge in [-0.25, -0.2) is 4.79 Å². The van der Waals surface area contributed by atoms with Crippen LogP contribution in [0, 0.1) is 6.92 Å². The van der Waals surface area contributed by atoms with Crippen LogP contribution in [0.25, 0.3) is 10.2 Å². The van der Waals surface area contributed by atoms with Crippen LogP contribution in [0.3, 0.4) is 0 Å². The Balaban J connectivity index is 2.53. The zero-order chi connectivity index (χ0) is 11.0. The number of carbonyl (C=O) groups excluding carboxylic acids is 1. The van der Waals surface area contributed by atoms with Crippen LogP contribution in [0.5, 0.6) is 0 Å². The third-order valence-electron chi connectivity index (χ3n) is 2.19. The van der Waals surface area contributed by atoms with Crippen molar-refractivity contribution in [3.05, 3.63) is 21.1 Å². The monoisotopic (exact) mass is 287 g/mol. The van der Waals surface area contributed by atoms with Gasteiger partial charge in [0.2, 0.25) is 0 Å². The Morgan fingerprint density at radius 2 is 2.40 bits per heavy atom. The quantitative estimate of drug-likeness (QED) is 0.860. The van der Waals surface area contributed by atoms with Gasteiger partial charge in [0.15, 0.2) is 0 Å². The topological polar surface area (TPSA) is 42.1 Å². The zero-order valence-corrected chi connectivity index (χ0v) is 10.8. The summed E-state index contributed by atoms with van der Waals surface area (Å²) in [5, 5.41) is 2.00. The minimum Gasteiger partial charge on any atom is -0.461 e. The van der Waals surface area contributed by atoms with Gasteiger partial charge in [-0.15, -0.1) is 11.3 Å². The van der Waals surface area contributed by atoms with Gasteiger partial charge < -0.3 is 9.72 Å². The average molecular weight is 288 g/mol. The highest BCUT2D eigenvalue weighted by molar-refractivity contribution is 9.10. The predicted octanol–water partition coefficient (Wildman–Crippen LogP) is 3.48. The molecule has 0 fully saturated rings. The van der Waals surface area contributed by atoms with Crippen LogP contribution in [-0.4, -0.2) is 17.6 Å². The van der Waals surface area contributed by atoms with E-state index in [4.69, 9.17) is 4.74 Å². The lowest BCUT2D eigenvalue weighted by Gasteiger charge is -1.99. The van der Waals surface area contributed by atoms with E-state index >= 15 is 0 Å². The molecule has 0 atom stereocenters. The number of halogens is 1. The van der Waals surface area contributed by atoms with Crippen molar-refractivity contribution in [3.8, 4) is 0 Å². The number of nitrogens with one attached hydrogen (secondary N) is 1. The molecule has 2 aromatic rings. The van der Waals surface area contributed by atoms with Crippen LogP contribution in [0.15, 0.2) is 9.85 Å². The fourth-order valence-corrected chi connectivity index (χ4v) is 3.07. The Kier molecular flexibility index (Phi) is 2.84. The number of esters is 1. The SMILES string of the molecule is CCOC(=O)c1[nH]c2c(Br)csc2c1C.